The largest absolute Gasteiger partial charge is 0.449 e. The van der Waals surface area contributed by atoms with E-state index in [1.165, 1.54) is 6.26 Å². The minimum absolute atomic E-state index is 0.194. The Labute approximate surface area is 76.3 Å². The Morgan fingerprint density at radius 1 is 1.85 bits per heavy atom. The highest BCUT2D eigenvalue weighted by atomic mass is 16.3. The molecule has 0 saturated heterocycles. The summed E-state index contributed by atoms with van der Waals surface area (Å²) in [6, 6.07) is -0.493. The van der Waals surface area contributed by atoms with Gasteiger partial charge in [0.2, 0.25) is 5.91 Å². The highest BCUT2D eigenvalue weighted by Crippen LogP contribution is 1.99. The quantitative estimate of drug-likeness (QED) is 0.688. The van der Waals surface area contributed by atoms with Crippen molar-refractivity contribution in [1.82, 2.24) is 10.3 Å². The van der Waals surface area contributed by atoms with Gasteiger partial charge in [-0.2, -0.15) is 0 Å². The van der Waals surface area contributed by atoms with Gasteiger partial charge in [-0.3, -0.25) is 4.79 Å². The number of amides is 1. The average Bonchev–Trinajstić information content (AvgIpc) is 2.47. The van der Waals surface area contributed by atoms with E-state index >= 15 is 0 Å². The molecule has 0 aromatic carbocycles. The molecule has 0 aliphatic heterocycles. The van der Waals surface area contributed by atoms with Crippen molar-refractivity contribution in [2.24, 2.45) is 5.73 Å². The third-order valence-corrected chi connectivity index (χ3v) is 1.52. The first-order chi connectivity index (χ1) is 6.09. The molecule has 1 aromatic heterocycles. The number of hydrogen-bond acceptors (Lipinski definition) is 4. The molecule has 0 aliphatic carbocycles. The maximum absolute atomic E-state index is 11.0. The molecule has 5 heteroatoms. The van der Waals surface area contributed by atoms with Gasteiger partial charge in [-0.1, -0.05) is 0 Å². The second-order valence-electron chi connectivity index (χ2n) is 2.86. The maximum Gasteiger partial charge on any atom is 0.236 e. The Bertz CT molecular complexity index is 293. The third-order valence-electron chi connectivity index (χ3n) is 1.52. The number of carbonyl (C=O) groups is 1. The van der Waals surface area contributed by atoms with Crippen molar-refractivity contribution in [1.29, 1.82) is 0 Å². The monoisotopic (exact) mass is 183 g/mol. The van der Waals surface area contributed by atoms with Crippen molar-refractivity contribution in [2.45, 2.75) is 26.4 Å². The summed E-state index contributed by atoms with van der Waals surface area (Å²) in [5, 5.41) is 2.63. The third kappa shape index (κ3) is 2.87. The Morgan fingerprint density at radius 2 is 2.54 bits per heavy atom. The Balaban J connectivity index is 2.39. The topological polar surface area (TPSA) is 81.2 Å². The second kappa shape index (κ2) is 4.04. The van der Waals surface area contributed by atoms with E-state index in [9.17, 15) is 4.79 Å². The summed E-state index contributed by atoms with van der Waals surface area (Å²) in [5.41, 5.74) is 6.05. The minimum atomic E-state index is -0.493. The molecule has 0 spiro atoms. The normalized spacial score (nSPS) is 12.5. The molecule has 1 rings (SSSR count). The van der Waals surface area contributed by atoms with Crippen LogP contribution in [-0.4, -0.2) is 16.9 Å². The van der Waals surface area contributed by atoms with Gasteiger partial charge in [0.25, 0.3) is 0 Å². The number of nitrogens with zero attached hydrogens (tertiary/aromatic N) is 1. The van der Waals surface area contributed by atoms with E-state index in [1.807, 2.05) is 0 Å². The van der Waals surface area contributed by atoms with Crippen molar-refractivity contribution < 1.29 is 9.21 Å². The van der Waals surface area contributed by atoms with Crippen LogP contribution in [0, 0.1) is 6.92 Å². The Morgan fingerprint density at radius 3 is 3.00 bits per heavy atom. The van der Waals surface area contributed by atoms with Gasteiger partial charge in [-0.25, -0.2) is 4.98 Å². The Hall–Kier alpha value is -1.36. The second-order valence-corrected chi connectivity index (χ2v) is 2.86. The van der Waals surface area contributed by atoms with Crippen LogP contribution in [0.5, 0.6) is 0 Å². The molecule has 1 amide bonds. The molecule has 3 N–H and O–H groups in total. The van der Waals surface area contributed by atoms with Gasteiger partial charge in [0.05, 0.1) is 18.3 Å². The fraction of sp³-hybridized carbons (Fsp3) is 0.500. The molecule has 0 saturated carbocycles. The van der Waals surface area contributed by atoms with E-state index in [0.717, 1.165) is 0 Å². The first-order valence-electron chi connectivity index (χ1n) is 4.04. The molecule has 1 atom stereocenters. The van der Waals surface area contributed by atoms with Crippen LogP contribution < -0.4 is 11.1 Å². The van der Waals surface area contributed by atoms with Crippen LogP contribution in [0.4, 0.5) is 0 Å². The van der Waals surface area contributed by atoms with E-state index in [1.54, 1.807) is 13.8 Å². The lowest BCUT2D eigenvalue weighted by Gasteiger charge is -2.04. The summed E-state index contributed by atoms with van der Waals surface area (Å²) in [6.07, 6.45) is 1.51. The number of nitrogens with one attached hydrogen (secondary N) is 1. The zero-order valence-electron chi connectivity index (χ0n) is 7.70. The summed E-state index contributed by atoms with van der Waals surface area (Å²) in [4.78, 5) is 15.0. The van der Waals surface area contributed by atoms with Gasteiger partial charge in [0.1, 0.15) is 6.26 Å². The summed E-state index contributed by atoms with van der Waals surface area (Å²) in [6.45, 7) is 3.73. The van der Waals surface area contributed by atoms with Crippen LogP contribution >= 0.6 is 0 Å². The van der Waals surface area contributed by atoms with Gasteiger partial charge in [-0.05, 0) is 6.92 Å². The average molecular weight is 183 g/mol. The number of aryl methyl sites for hydroxylation is 1. The highest BCUT2D eigenvalue weighted by Gasteiger charge is 2.07. The van der Waals surface area contributed by atoms with E-state index < -0.39 is 6.04 Å². The van der Waals surface area contributed by atoms with E-state index in [-0.39, 0.29) is 5.91 Å². The lowest BCUT2D eigenvalue weighted by atomic mass is 10.3. The van der Waals surface area contributed by atoms with Crippen molar-refractivity contribution in [3.05, 3.63) is 17.8 Å². The molecule has 0 radical (unpaired) electrons. The lowest BCUT2D eigenvalue weighted by Crippen LogP contribution is -2.37. The van der Waals surface area contributed by atoms with Crippen LogP contribution in [0.15, 0.2) is 10.7 Å². The van der Waals surface area contributed by atoms with Crippen LogP contribution in [0.3, 0.4) is 0 Å². The van der Waals surface area contributed by atoms with E-state index in [2.05, 4.69) is 10.3 Å². The van der Waals surface area contributed by atoms with Crippen LogP contribution in [-0.2, 0) is 11.3 Å². The first kappa shape index (κ1) is 9.73. The van der Waals surface area contributed by atoms with Crippen molar-refractivity contribution in [3.8, 4) is 0 Å². The molecule has 13 heavy (non-hydrogen) atoms. The fourth-order valence-electron chi connectivity index (χ4n) is 0.828. The summed E-state index contributed by atoms with van der Waals surface area (Å²) in [5.74, 6) is 0.394. The van der Waals surface area contributed by atoms with E-state index in [0.29, 0.717) is 18.1 Å². The lowest BCUT2D eigenvalue weighted by molar-refractivity contribution is -0.122. The standard InChI is InChI=1S/C8H13N3O2/c1-5(9)8(12)10-3-7-4-13-6(2)11-7/h4-5H,3,9H2,1-2H3,(H,10,12). The minimum Gasteiger partial charge on any atom is -0.449 e. The molecule has 0 bridgehead atoms. The smallest absolute Gasteiger partial charge is 0.236 e. The van der Waals surface area contributed by atoms with Crippen LogP contribution in [0.2, 0.25) is 0 Å². The zero-order valence-corrected chi connectivity index (χ0v) is 7.70. The molecule has 0 aliphatic rings. The number of rotatable bonds is 3. The number of aromatic nitrogens is 1. The zero-order chi connectivity index (χ0) is 9.84. The predicted octanol–water partition coefficient (Wildman–Crippen LogP) is -0.0536. The summed E-state index contributed by atoms with van der Waals surface area (Å²) >= 11 is 0. The highest BCUT2D eigenvalue weighted by molar-refractivity contribution is 5.80. The number of nitrogens with two attached hydrogens (primary N) is 1. The van der Waals surface area contributed by atoms with Gasteiger partial charge in [0.15, 0.2) is 5.89 Å². The molecule has 1 heterocycles. The molecule has 5 nitrogen and oxygen atoms in total. The van der Waals surface area contributed by atoms with Gasteiger partial charge < -0.3 is 15.5 Å². The molecule has 72 valence electrons. The van der Waals surface area contributed by atoms with E-state index in [4.69, 9.17) is 10.2 Å². The maximum atomic E-state index is 11.0. The molecular weight excluding hydrogens is 170 g/mol. The molecular formula is C8H13N3O2. The van der Waals surface area contributed by atoms with Crippen molar-refractivity contribution in [2.75, 3.05) is 0 Å². The van der Waals surface area contributed by atoms with Gasteiger partial charge >= 0.3 is 0 Å². The fourth-order valence-corrected chi connectivity index (χ4v) is 0.828. The van der Waals surface area contributed by atoms with Crippen LogP contribution in [0.25, 0.3) is 0 Å². The SMILES string of the molecule is Cc1nc(CNC(=O)C(C)N)co1. The van der Waals surface area contributed by atoms with Crippen molar-refractivity contribution >= 4 is 5.91 Å². The summed E-state index contributed by atoms with van der Waals surface area (Å²) in [7, 11) is 0. The predicted molar refractivity (Wildman–Crippen MR) is 46.7 cm³/mol. The number of hydrogen-bond donors (Lipinski definition) is 2. The first-order valence-corrected chi connectivity index (χ1v) is 4.04. The Kier molecular flexibility index (Phi) is 3.02. The summed E-state index contributed by atoms with van der Waals surface area (Å²) < 4.78 is 4.96. The number of carbonyl (C=O) groups excluding carboxylic acids is 1. The molecule has 1 aromatic rings. The van der Waals surface area contributed by atoms with Gasteiger partial charge in [-0.15, -0.1) is 0 Å². The molecule has 1 unspecified atom stereocenters. The number of oxazole rings is 1. The van der Waals surface area contributed by atoms with Gasteiger partial charge in [0, 0.05) is 6.92 Å². The van der Waals surface area contributed by atoms with Crippen molar-refractivity contribution in [3.63, 3.8) is 0 Å². The van der Waals surface area contributed by atoms with Crippen LogP contribution in [0.1, 0.15) is 18.5 Å². The molecule has 0 fully saturated rings.